The summed E-state index contributed by atoms with van der Waals surface area (Å²) in [5, 5.41) is 3.46. The molecule has 0 atom stereocenters. The Morgan fingerprint density at radius 2 is 1.97 bits per heavy atom. The first-order chi connectivity index (χ1) is 14.1. The van der Waals surface area contributed by atoms with Crippen molar-refractivity contribution >= 4 is 5.96 Å². The van der Waals surface area contributed by atoms with Crippen LogP contribution in [0.5, 0.6) is 5.75 Å². The average molecular weight is 403 g/mol. The molecule has 0 aromatic heterocycles. The van der Waals surface area contributed by atoms with Crippen LogP contribution in [0, 0.1) is 6.92 Å². The van der Waals surface area contributed by atoms with Gasteiger partial charge < -0.3 is 19.7 Å². The van der Waals surface area contributed by atoms with Crippen molar-refractivity contribution in [2.75, 3.05) is 59.6 Å². The number of hydrogen-bond donors (Lipinski definition) is 1. The number of rotatable bonds is 8. The van der Waals surface area contributed by atoms with E-state index in [2.05, 4.69) is 42.1 Å². The molecule has 1 aromatic rings. The molecule has 3 rings (SSSR count). The maximum atomic E-state index is 5.98. The number of likely N-dealkylation sites (N-methyl/N-ethyl adjacent to an activating group) is 1. The van der Waals surface area contributed by atoms with E-state index >= 15 is 0 Å². The number of para-hydroxylation sites is 1. The standard InChI is InChI=1S/C23H38N4O2/c1-4-24-22(26(3)15-18-29-21-10-6-5-9-20(21)2)25-19-23(11-16-28-17-12-23)27-13-7-8-14-27/h5-6,9-10H,4,7-8,11-19H2,1-3H3,(H,24,25). The van der Waals surface area contributed by atoms with Crippen molar-refractivity contribution in [3.8, 4) is 5.75 Å². The predicted octanol–water partition coefficient (Wildman–Crippen LogP) is 2.92. The third kappa shape index (κ3) is 5.86. The molecule has 1 aromatic carbocycles. The average Bonchev–Trinajstić information content (AvgIpc) is 3.29. The largest absolute Gasteiger partial charge is 0.491 e. The van der Waals surface area contributed by atoms with Crippen LogP contribution in [0.2, 0.25) is 0 Å². The quantitative estimate of drug-likeness (QED) is 0.535. The minimum atomic E-state index is 0.161. The van der Waals surface area contributed by atoms with Crippen LogP contribution in [0.15, 0.2) is 29.3 Å². The molecule has 1 N–H and O–H groups in total. The molecule has 0 radical (unpaired) electrons. The second kappa shape index (κ2) is 10.8. The molecule has 2 saturated heterocycles. The molecule has 0 saturated carbocycles. The molecule has 2 fully saturated rings. The Morgan fingerprint density at radius 3 is 2.66 bits per heavy atom. The zero-order chi connectivity index (χ0) is 20.5. The van der Waals surface area contributed by atoms with Crippen molar-refractivity contribution in [2.45, 2.75) is 45.1 Å². The Labute approximate surface area is 176 Å². The second-order valence-corrected chi connectivity index (χ2v) is 8.24. The van der Waals surface area contributed by atoms with Gasteiger partial charge in [-0.05, 0) is 64.3 Å². The number of likely N-dealkylation sites (tertiary alicyclic amines) is 1. The van der Waals surface area contributed by atoms with E-state index in [4.69, 9.17) is 14.5 Å². The van der Waals surface area contributed by atoms with Crippen molar-refractivity contribution in [2.24, 2.45) is 4.99 Å². The van der Waals surface area contributed by atoms with Crippen LogP contribution in [-0.4, -0.2) is 80.9 Å². The van der Waals surface area contributed by atoms with Crippen LogP contribution < -0.4 is 10.1 Å². The highest BCUT2D eigenvalue weighted by Gasteiger charge is 2.39. The maximum absolute atomic E-state index is 5.98. The minimum Gasteiger partial charge on any atom is -0.491 e. The molecule has 6 nitrogen and oxygen atoms in total. The molecule has 0 aliphatic carbocycles. The summed E-state index contributed by atoms with van der Waals surface area (Å²) < 4.78 is 11.7. The Hall–Kier alpha value is -1.79. The highest BCUT2D eigenvalue weighted by molar-refractivity contribution is 5.79. The Kier molecular flexibility index (Phi) is 8.19. The van der Waals surface area contributed by atoms with Gasteiger partial charge in [0.2, 0.25) is 0 Å². The third-order valence-electron chi connectivity index (χ3n) is 6.20. The molecular formula is C23H38N4O2. The van der Waals surface area contributed by atoms with Gasteiger partial charge >= 0.3 is 0 Å². The fourth-order valence-corrected chi connectivity index (χ4v) is 4.33. The van der Waals surface area contributed by atoms with E-state index in [0.717, 1.165) is 57.4 Å². The number of aliphatic imine (C=N–C) groups is 1. The molecule has 2 aliphatic rings. The van der Waals surface area contributed by atoms with Gasteiger partial charge in [0.05, 0.1) is 13.1 Å². The van der Waals surface area contributed by atoms with E-state index in [0.29, 0.717) is 6.61 Å². The molecule has 0 spiro atoms. The molecule has 2 aliphatic heterocycles. The summed E-state index contributed by atoms with van der Waals surface area (Å²) in [5.41, 5.74) is 1.33. The molecule has 6 heteroatoms. The Balaban J connectivity index is 1.60. The lowest BCUT2D eigenvalue weighted by Gasteiger charge is -2.43. The number of aryl methyl sites for hydroxylation is 1. The van der Waals surface area contributed by atoms with E-state index in [9.17, 15) is 0 Å². The lowest BCUT2D eigenvalue weighted by Crippen LogP contribution is -2.54. The molecule has 0 unspecified atom stereocenters. The summed E-state index contributed by atoms with van der Waals surface area (Å²) in [6, 6.07) is 8.16. The first-order valence-corrected chi connectivity index (χ1v) is 11.2. The monoisotopic (exact) mass is 402 g/mol. The molecular weight excluding hydrogens is 364 g/mol. The summed E-state index contributed by atoms with van der Waals surface area (Å²) in [7, 11) is 2.09. The minimum absolute atomic E-state index is 0.161. The number of ether oxygens (including phenoxy) is 2. The molecule has 0 amide bonds. The van der Waals surface area contributed by atoms with E-state index in [1.807, 2.05) is 18.2 Å². The van der Waals surface area contributed by atoms with Crippen LogP contribution in [-0.2, 0) is 4.74 Å². The van der Waals surface area contributed by atoms with E-state index in [1.54, 1.807) is 0 Å². The highest BCUT2D eigenvalue weighted by atomic mass is 16.5. The van der Waals surface area contributed by atoms with Crippen molar-refractivity contribution in [3.05, 3.63) is 29.8 Å². The number of guanidine groups is 1. The Morgan fingerprint density at radius 1 is 1.24 bits per heavy atom. The van der Waals surface area contributed by atoms with Crippen LogP contribution in [0.25, 0.3) is 0 Å². The van der Waals surface area contributed by atoms with Crippen LogP contribution in [0.4, 0.5) is 0 Å². The summed E-state index contributed by atoms with van der Waals surface area (Å²) >= 11 is 0. The zero-order valence-electron chi connectivity index (χ0n) is 18.5. The normalized spacial score (nSPS) is 19.9. The first kappa shape index (κ1) is 21.9. The second-order valence-electron chi connectivity index (χ2n) is 8.24. The Bertz CT molecular complexity index is 652. The van der Waals surface area contributed by atoms with Gasteiger partial charge in [-0.1, -0.05) is 18.2 Å². The highest BCUT2D eigenvalue weighted by Crippen LogP contribution is 2.31. The summed E-state index contributed by atoms with van der Waals surface area (Å²) in [5.74, 6) is 1.92. The summed E-state index contributed by atoms with van der Waals surface area (Å²) in [6.45, 7) is 11.4. The number of hydrogen-bond acceptors (Lipinski definition) is 4. The van der Waals surface area contributed by atoms with Crippen molar-refractivity contribution in [3.63, 3.8) is 0 Å². The number of benzene rings is 1. The third-order valence-corrected chi connectivity index (χ3v) is 6.20. The number of nitrogens with zero attached hydrogens (tertiary/aromatic N) is 3. The summed E-state index contributed by atoms with van der Waals surface area (Å²) in [4.78, 5) is 9.93. The fraction of sp³-hybridized carbons (Fsp3) is 0.696. The lowest BCUT2D eigenvalue weighted by molar-refractivity contribution is -0.0139. The molecule has 162 valence electrons. The van der Waals surface area contributed by atoms with Crippen LogP contribution >= 0.6 is 0 Å². The van der Waals surface area contributed by atoms with Gasteiger partial charge in [-0.25, -0.2) is 0 Å². The smallest absolute Gasteiger partial charge is 0.193 e. The topological polar surface area (TPSA) is 49.3 Å². The maximum Gasteiger partial charge on any atom is 0.193 e. The number of nitrogens with one attached hydrogen (secondary N) is 1. The van der Waals surface area contributed by atoms with Crippen molar-refractivity contribution in [1.29, 1.82) is 0 Å². The van der Waals surface area contributed by atoms with Crippen LogP contribution in [0.3, 0.4) is 0 Å². The van der Waals surface area contributed by atoms with Gasteiger partial charge in [0, 0.05) is 32.3 Å². The molecule has 29 heavy (non-hydrogen) atoms. The summed E-state index contributed by atoms with van der Waals surface area (Å²) in [6.07, 6.45) is 4.77. The zero-order valence-corrected chi connectivity index (χ0v) is 18.5. The van der Waals surface area contributed by atoms with Gasteiger partial charge in [0.25, 0.3) is 0 Å². The fourth-order valence-electron chi connectivity index (χ4n) is 4.33. The van der Waals surface area contributed by atoms with Gasteiger partial charge in [0.1, 0.15) is 12.4 Å². The van der Waals surface area contributed by atoms with Gasteiger partial charge in [-0.3, -0.25) is 9.89 Å². The van der Waals surface area contributed by atoms with E-state index in [1.165, 1.54) is 31.5 Å². The molecule has 0 bridgehead atoms. The predicted molar refractivity (Wildman–Crippen MR) is 119 cm³/mol. The van der Waals surface area contributed by atoms with Gasteiger partial charge in [0.15, 0.2) is 5.96 Å². The lowest BCUT2D eigenvalue weighted by atomic mass is 9.88. The van der Waals surface area contributed by atoms with E-state index in [-0.39, 0.29) is 5.54 Å². The first-order valence-electron chi connectivity index (χ1n) is 11.2. The van der Waals surface area contributed by atoms with E-state index < -0.39 is 0 Å². The van der Waals surface area contributed by atoms with Gasteiger partial charge in [-0.15, -0.1) is 0 Å². The van der Waals surface area contributed by atoms with Crippen molar-refractivity contribution in [1.82, 2.24) is 15.1 Å². The molecule has 2 heterocycles. The van der Waals surface area contributed by atoms with Crippen LogP contribution in [0.1, 0.15) is 38.2 Å². The van der Waals surface area contributed by atoms with Crippen molar-refractivity contribution < 1.29 is 9.47 Å². The SMILES string of the molecule is CCNC(=NCC1(N2CCCC2)CCOCC1)N(C)CCOc1ccccc1C. The van der Waals surface area contributed by atoms with Gasteiger partial charge in [-0.2, -0.15) is 0 Å².